The molecule has 16 heavy (non-hydrogen) atoms. The molecule has 1 saturated carbocycles. The average Bonchev–Trinajstić information content (AvgIpc) is 2.26. The molecule has 1 nitrogen and oxygen atoms in total. The molecule has 0 amide bonds. The summed E-state index contributed by atoms with van der Waals surface area (Å²) < 4.78 is 0. The number of allylic oxidation sites excluding steroid dienone is 2. The molecular formula is C15H24O. The van der Waals surface area contributed by atoms with E-state index in [9.17, 15) is 4.79 Å². The maximum Gasteiger partial charge on any atom is 0.125 e. The Kier molecular flexibility index (Phi) is 2.76. The van der Waals surface area contributed by atoms with Gasteiger partial charge in [0.05, 0.1) is 0 Å². The van der Waals surface area contributed by atoms with Crippen LogP contribution in [0.4, 0.5) is 0 Å². The molecule has 0 N–H and O–H groups in total. The van der Waals surface area contributed by atoms with Gasteiger partial charge in [0.25, 0.3) is 0 Å². The minimum absolute atomic E-state index is 0.147. The molecule has 0 spiro atoms. The lowest BCUT2D eigenvalue weighted by atomic mass is 9.48. The number of fused-ring (bicyclic) bond motifs is 1. The van der Waals surface area contributed by atoms with E-state index in [1.54, 1.807) is 5.57 Å². The van der Waals surface area contributed by atoms with Crippen molar-refractivity contribution >= 4 is 6.29 Å². The zero-order valence-corrected chi connectivity index (χ0v) is 11.0. The average molecular weight is 220 g/mol. The van der Waals surface area contributed by atoms with Gasteiger partial charge in [-0.15, -0.1) is 0 Å². The van der Waals surface area contributed by atoms with Crippen molar-refractivity contribution in [3.05, 3.63) is 11.6 Å². The van der Waals surface area contributed by atoms with Crippen LogP contribution in [0.1, 0.15) is 53.4 Å². The molecule has 3 aliphatic carbocycles. The molecule has 0 unspecified atom stereocenters. The second kappa shape index (κ2) is 3.72. The molecule has 1 heteroatoms. The summed E-state index contributed by atoms with van der Waals surface area (Å²) >= 11 is 0. The summed E-state index contributed by atoms with van der Waals surface area (Å²) in [4.78, 5) is 10.9. The van der Waals surface area contributed by atoms with E-state index in [0.717, 1.165) is 31.0 Å². The number of carbonyl (C=O) groups excluding carboxylic acids is 1. The van der Waals surface area contributed by atoms with Gasteiger partial charge in [-0.2, -0.15) is 0 Å². The Morgan fingerprint density at radius 3 is 2.69 bits per heavy atom. The molecule has 3 rings (SSSR count). The molecule has 0 aromatic heterocycles. The molecule has 3 aliphatic rings. The SMILES string of the molecule is CC(C)(C=O)CCC1=CC[C@H]2C[C@@H]1C2(C)C. The van der Waals surface area contributed by atoms with E-state index in [0.29, 0.717) is 5.41 Å². The van der Waals surface area contributed by atoms with Crippen molar-refractivity contribution in [2.75, 3.05) is 0 Å². The summed E-state index contributed by atoms with van der Waals surface area (Å²) in [7, 11) is 0. The monoisotopic (exact) mass is 220 g/mol. The molecule has 2 bridgehead atoms. The highest BCUT2D eigenvalue weighted by Crippen LogP contribution is 2.60. The number of hydrogen-bond donors (Lipinski definition) is 0. The van der Waals surface area contributed by atoms with E-state index in [4.69, 9.17) is 0 Å². The Morgan fingerprint density at radius 2 is 2.19 bits per heavy atom. The van der Waals surface area contributed by atoms with Gasteiger partial charge in [0.1, 0.15) is 6.29 Å². The van der Waals surface area contributed by atoms with Gasteiger partial charge in [-0.25, -0.2) is 0 Å². The second-order valence-electron chi connectivity index (χ2n) is 6.93. The molecule has 2 atom stereocenters. The summed E-state index contributed by atoms with van der Waals surface area (Å²) in [6, 6.07) is 0. The van der Waals surface area contributed by atoms with E-state index in [-0.39, 0.29) is 5.41 Å². The Labute approximate surface area is 99.3 Å². The van der Waals surface area contributed by atoms with Crippen LogP contribution in [0, 0.1) is 22.7 Å². The van der Waals surface area contributed by atoms with Gasteiger partial charge in [-0.05, 0) is 42.9 Å². The highest BCUT2D eigenvalue weighted by molar-refractivity contribution is 5.57. The third kappa shape index (κ3) is 1.85. The van der Waals surface area contributed by atoms with Crippen molar-refractivity contribution in [1.82, 2.24) is 0 Å². The Morgan fingerprint density at radius 1 is 1.50 bits per heavy atom. The van der Waals surface area contributed by atoms with Gasteiger partial charge in [0.15, 0.2) is 0 Å². The molecule has 0 radical (unpaired) electrons. The molecule has 1 fully saturated rings. The van der Waals surface area contributed by atoms with Gasteiger partial charge in [0.2, 0.25) is 0 Å². The Balaban J connectivity index is 1.97. The first-order valence-corrected chi connectivity index (χ1v) is 6.52. The normalized spacial score (nSPS) is 31.6. The fourth-order valence-electron chi connectivity index (χ4n) is 3.28. The predicted molar refractivity (Wildman–Crippen MR) is 67.2 cm³/mol. The van der Waals surface area contributed by atoms with E-state index >= 15 is 0 Å². The predicted octanol–water partition coefficient (Wildman–Crippen LogP) is 3.98. The van der Waals surface area contributed by atoms with Crippen molar-refractivity contribution in [2.24, 2.45) is 22.7 Å². The summed E-state index contributed by atoms with van der Waals surface area (Å²) in [6.45, 7) is 8.89. The molecule has 0 heterocycles. The van der Waals surface area contributed by atoms with Gasteiger partial charge in [0, 0.05) is 5.41 Å². The van der Waals surface area contributed by atoms with Crippen molar-refractivity contribution in [3.63, 3.8) is 0 Å². The third-order valence-electron chi connectivity index (χ3n) is 4.96. The van der Waals surface area contributed by atoms with Crippen LogP contribution in [0.15, 0.2) is 11.6 Å². The lowest BCUT2D eigenvalue weighted by molar-refractivity contribution is -0.115. The van der Waals surface area contributed by atoms with E-state index < -0.39 is 0 Å². The van der Waals surface area contributed by atoms with Crippen LogP contribution in [-0.2, 0) is 4.79 Å². The standard InChI is InChI=1S/C15H24O/c1-14(2,10-16)8-7-11-5-6-12-9-13(11)15(12,3)4/h5,10,12-13H,6-9H2,1-4H3/t12-,13-/m0/s1. The van der Waals surface area contributed by atoms with Crippen LogP contribution in [0.3, 0.4) is 0 Å². The first kappa shape index (κ1) is 11.9. The molecular weight excluding hydrogens is 196 g/mol. The first-order valence-electron chi connectivity index (χ1n) is 6.52. The first-order chi connectivity index (χ1) is 7.37. The Bertz CT molecular complexity index is 322. The van der Waals surface area contributed by atoms with Crippen molar-refractivity contribution in [3.8, 4) is 0 Å². The van der Waals surface area contributed by atoms with Gasteiger partial charge >= 0.3 is 0 Å². The van der Waals surface area contributed by atoms with Crippen LogP contribution in [0.25, 0.3) is 0 Å². The second-order valence-corrected chi connectivity index (χ2v) is 6.93. The highest BCUT2D eigenvalue weighted by Gasteiger charge is 2.50. The van der Waals surface area contributed by atoms with Crippen molar-refractivity contribution in [2.45, 2.75) is 53.4 Å². The zero-order chi connectivity index (χ0) is 12.0. The Hall–Kier alpha value is -0.590. The van der Waals surface area contributed by atoms with Crippen LogP contribution in [0.5, 0.6) is 0 Å². The van der Waals surface area contributed by atoms with Crippen LogP contribution >= 0.6 is 0 Å². The lowest BCUT2D eigenvalue weighted by Gasteiger charge is -2.56. The molecule has 0 aromatic carbocycles. The van der Waals surface area contributed by atoms with Crippen molar-refractivity contribution in [1.29, 1.82) is 0 Å². The quantitative estimate of drug-likeness (QED) is 0.517. The zero-order valence-electron chi connectivity index (χ0n) is 11.0. The highest BCUT2D eigenvalue weighted by atomic mass is 16.1. The summed E-state index contributed by atoms with van der Waals surface area (Å²) in [5, 5.41) is 0. The molecule has 90 valence electrons. The van der Waals surface area contributed by atoms with E-state index in [1.165, 1.54) is 12.8 Å². The largest absolute Gasteiger partial charge is 0.303 e. The third-order valence-corrected chi connectivity index (χ3v) is 4.96. The minimum Gasteiger partial charge on any atom is -0.303 e. The number of carbonyl (C=O) groups is 1. The van der Waals surface area contributed by atoms with Crippen LogP contribution in [-0.4, -0.2) is 6.29 Å². The maximum atomic E-state index is 10.9. The van der Waals surface area contributed by atoms with Crippen LogP contribution < -0.4 is 0 Å². The summed E-state index contributed by atoms with van der Waals surface area (Å²) in [5.74, 6) is 1.72. The number of aldehydes is 1. The van der Waals surface area contributed by atoms with E-state index in [1.807, 2.05) is 13.8 Å². The number of hydrogen-bond acceptors (Lipinski definition) is 1. The van der Waals surface area contributed by atoms with Gasteiger partial charge in [-0.3, -0.25) is 0 Å². The molecule has 0 aromatic rings. The lowest BCUT2D eigenvalue weighted by Crippen LogP contribution is -2.48. The smallest absolute Gasteiger partial charge is 0.125 e. The van der Waals surface area contributed by atoms with Crippen LogP contribution in [0.2, 0.25) is 0 Å². The number of rotatable bonds is 4. The van der Waals surface area contributed by atoms with Crippen molar-refractivity contribution < 1.29 is 4.79 Å². The maximum absolute atomic E-state index is 10.9. The summed E-state index contributed by atoms with van der Waals surface area (Å²) in [6.07, 6.45) is 8.32. The fraction of sp³-hybridized carbons (Fsp3) is 0.800. The summed E-state index contributed by atoms with van der Waals surface area (Å²) in [5.41, 5.74) is 2.00. The topological polar surface area (TPSA) is 17.1 Å². The molecule has 0 aliphatic heterocycles. The molecule has 0 saturated heterocycles. The van der Waals surface area contributed by atoms with Gasteiger partial charge in [-0.1, -0.05) is 39.3 Å². The van der Waals surface area contributed by atoms with E-state index in [2.05, 4.69) is 19.9 Å². The minimum atomic E-state index is -0.147. The fourth-order valence-corrected chi connectivity index (χ4v) is 3.28. The van der Waals surface area contributed by atoms with Gasteiger partial charge < -0.3 is 4.79 Å².